The summed E-state index contributed by atoms with van der Waals surface area (Å²) in [7, 11) is 0. The highest BCUT2D eigenvalue weighted by molar-refractivity contribution is 7.25. The number of hydrogen-bond acceptors (Lipinski definition) is 4. The molecule has 0 bridgehead atoms. The van der Waals surface area contributed by atoms with E-state index in [0.717, 1.165) is 92.6 Å². The van der Waals surface area contributed by atoms with Crippen molar-refractivity contribution in [2.45, 2.75) is 0 Å². The number of rotatable bonds is 3. The molecule has 0 amide bonds. The molecule has 14 rings (SSSR count). The summed E-state index contributed by atoms with van der Waals surface area (Å²) in [5.74, 6) is 0.612. The Labute approximate surface area is 345 Å². The van der Waals surface area contributed by atoms with Gasteiger partial charge in [0.05, 0.1) is 22.2 Å². The minimum Gasteiger partial charge on any atom is -0.454 e. The van der Waals surface area contributed by atoms with Crippen molar-refractivity contribution >= 4 is 119 Å². The molecule has 6 heteroatoms. The third kappa shape index (κ3) is 4.24. The van der Waals surface area contributed by atoms with Crippen LogP contribution < -0.4 is 0 Å². The summed E-state index contributed by atoms with van der Waals surface area (Å²) in [4.78, 5) is 12.3. The first-order valence-corrected chi connectivity index (χ1v) is 21.1. The predicted octanol–water partition coefficient (Wildman–Crippen LogP) is 14.9. The minimum absolute atomic E-state index is 0.612. The second kappa shape index (κ2) is 11.9. The smallest absolute Gasteiger partial charge is 0.236 e. The summed E-state index contributed by atoms with van der Waals surface area (Å²) in [5, 5.41) is 13.7. The lowest BCUT2D eigenvalue weighted by molar-refractivity contribution is 0.671. The van der Waals surface area contributed by atoms with Gasteiger partial charge in [-0.25, -0.2) is 9.97 Å². The van der Waals surface area contributed by atoms with Gasteiger partial charge < -0.3 is 8.98 Å². The quantitative estimate of drug-likeness (QED) is 0.179. The molecule has 278 valence electrons. The maximum atomic E-state index is 6.98. The number of aromatic nitrogens is 4. The summed E-state index contributed by atoms with van der Waals surface area (Å²) in [6.45, 7) is 0. The maximum Gasteiger partial charge on any atom is 0.236 e. The summed E-state index contributed by atoms with van der Waals surface area (Å²) < 4.78 is 12.8. The SMILES string of the molecule is c1ccc(-n2c3ccccc3c3ccc(-c4nc(-n5c6c7ccccc7ccc6c6c7ccccc7c7c8ccccc8oc7c65)nc5sc6ccccc6c45)cc32)cc1. The van der Waals surface area contributed by atoms with Crippen LogP contribution in [0, 0.1) is 0 Å². The molecule has 0 fully saturated rings. The Morgan fingerprint density at radius 2 is 1.10 bits per heavy atom. The second-order valence-electron chi connectivity index (χ2n) is 15.7. The Balaban J connectivity index is 1.18. The van der Waals surface area contributed by atoms with E-state index in [1.165, 1.54) is 31.8 Å². The zero-order valence-electron chi connectivity index (χ0n) is 31.9. The van der Waals surface area contributed by atoms with Crippen LogP contribution in [0.3, 0.4) is 0 Å². The Morgan fingerprint density at radius 3 is 1.97 bits per heavy atom. The van der Waals surface area contributed by atoms with E-state index in [2.05, 4.69) is 185 Å². The monoisotopic (exact) mass is 782 g/mol. The molecule has 0 spiro atoms. The molecule has 0 radical (unpaired) electrons. The fraction of sp³-hybridized carbons (Fsp3) is 0. The molecule has 0 N–H and O–H groups in total. The van der Waals surface area contributed by atoms with Gasteiger partial charge in [0, 0.05) is 64.4 Å². The first-order chi connectivity index (χ1) is 29.8. The number of hydrogen-bond donors (Lipinski definition) is 0. The number of para-hydroxylation sites is 3. The highest BCUT2D eigenvalue weighted by atomic mass is 32.1. The van der Waals surface area contributed by atoms with Crippen LogP contribution in [0.2, 0.25) is 0 Å². The minimum atomic E-state index is 0.612. The number of furan rings is 1. The standard InChI is InChI=1S/C54H30N4OS/c1-2-15-33(16-3-1)57-42-23-11-8-18-35(42)36-28-27-32(30-43(36)57)49-48-40-22-10-13-25-45(40)60-53(48)56-54(55-49)58-50-34-17-5-4-14-31(34)26-29-41(50)46-37-19-6-7-20-38(37)47-39-21-9-12-24-44(39)59-52(47)51(46)58/h1-30H. The molecule has 5 heterocycles. The van der Waals surface area contributed by atoms with Gasteiger partial charge >= 0.3 is 0 Å². The Bertz CT molecular complexity index is 4130. The van der Waals surface area contributed by atoms with Crippen LogP contribution >= 0.6 is 11.3 Å². The molecule has 14 aromatic rings. The van der Waals surface area contributed by atoms with Crippen LogP contribution in [0.15, 0.2) is 186 Å². The molecule has 0 unspecified atom stereocenters. The summed E-state index contributed by atoms with van der Waals surface area (Å²) in [6.07, 6.45) is 0. The van der Waals surface area contributed by atoms with Crippen molar-refractivity contribution in [3.63, 3.8) is 0 Å². The van der Waals surface area contributed by atoms with Gasteiger partial charge in [0.2, 0.25) is 5.95 Å². The van der Waals surface area contributed by atoms with Crippen LogP contribution in [-0.2, 0) is 0 Å². The molecule has 0 aliphatic heterocycles. The number of fused-ring (bicyclic) bond motifs is 18. The van der Waals surface area contributed by atoms with Gasteiger partial charge in [-0.3, -0.25) is 4.57 Å². The fourth-order valence-corrected chi connectivity index (χ4v) is 11.1. The molecule has 5 nitrogen and oxygen atoms in total. The van der Waals surface area contributed by atoms with Crippen molar-refractivity contribution in [3.05, 3.63) is 182 Å². The van der Waals surface area contributed by atoms with Crippen molar-refractivity contribution < 1.29 is 4.42 Å². The summed E-state index contributed by atoms with van der Waals surface area (Å²) >= 11 is 1.72. The van der Waals surface area contributed by atoms with Gasteiger partial charge in [-0.05, 0) is 52.6 Å². The number of nitrogens with zero attached hydrogens (tertiary/aromatic N) is 4. The molecule has 60 heavy (non-hydrogen) atoms. The third-order valence-corrected chi connectivity index (χ3v) is 13.6. The second-order valence-corrected chi connectivity index (χ2v) is 16.7. The molecule has 9 aromatic carbocycles. The van der Waals surface area contributed by atoms with E-state index in [0.29, 0.717) is 5.95 Å². The van der Waals surface area contributed by atoms with Gasteiger partial charge in [0.25, 0.3) is 0 Å². The molecular weight excluding hydrogens is 753 g/mol. The van der Waals surface area contributed by atoms with Crippen LogP contribution in [0.25, 0.3) is 130 Å². The molecule has 0 saturated carbocycles. The molecule has 0 aliphatic carbocycles. The van der Waals surface area contributed by atoms with Gasteiger partial charge in [0.1, 0.15) is 15.9 Å². The van der Waals surface area contributed by atoms with Crippen LogP contribution in [-0.4, -0.2) is 19.1 Å². The van der Waals surface area contributed by atoms with E-state index in [1.807, 2.05) is 6.07 Å². The molecule has 5 aromatic heterocycles. The summed E-state index contributed by atoms with van der Waals surface area (Å²) in [6, 6.07) is 65.1. The maximum absolute atomic E-state index is 6.98. The van der Waals surface area contributed by atoms with Gasteiger partial charge in [-0.15, -0.1) is 11.3 Å². The van der Waals surface area contributed by atoms with Gasteiger partial charge in [-0.2, -0.15) is 0 Å². The zero-order chi connectivity index (χ0) is 39.1. The topological polar surface area (TPSA) is 48.8 Å². The average Bonchev–Trinajstić information content (AvgIpc) is 4.07. The summed E-state index contributed by atoms with van der Waals surface area (Å²) in [5.41, 5.74) is 9.08. The lowest BCUT2D eigenvalue weighted by atomic mass is 9.98. The number of benzene rings is 9. The third-order valence-electron chi connectivity index (χ3n) is 12.5. The lowest BCUT2D eigenvalue weighted by Crippen LogP contribution is -2.03. The molecule has 0 atom stereocenters. The highest BCUT2D eigenvalue weighted by Gasteiger charge is 2.27. The van der Waals surface area contributed by atoms with Gasteiger partial charge in [0.15, 0.2) is 5.58 Å². The lowest BCUT2D eigenvalue weighted by Gasteiger charge is -2.13. The van der Waals surface area contributed by atoms with E-state index in [1.54, 1.807) is 11.3 Å². The van der Waals surface area contributed by atoms with Crippen molar-refractivity contribution in [2.24, 2.45) is 0 Å². The Morgan fingerprint density at radius 1 is 0.433 bits per heavy atom. The fourth-order valence-electron chi connectivity index (χ4n) is 10.0. The molecule has 0 saturated heterocycles. The Hall–Kier alpha value is -7.80. The highest BCUT2D eigenvalue weighted by Crippen LogP contribution is 2.48. The van der Waals surface area contributed by atoms with Crippen molar-refractivity contribution in [2.75, 3.05) is 0 Å². The predicted molar refractivity (Wildman–Crippen MR) is 251 cm³/mol. The van der Waals surface area contributed by atoms with Gasteiger partial charge in [-0.1, -0.05) is 146 Å². The normalized spacial score (nSPS) is 12.3. The van der Waals surface area contributed by atoms with Crippen molar-refractivity contribution in [3.8, 4) is 22.9 Å². The van der Waals surface area contributed by atoms with Crippen LogP contribution in [0.1, 0.15) is 0 Å². The largest absolute Gasteiger partial charge is 0.454 e. The van der Waals surface area contributed by atoms with Crippen LogP contribution in [0.5, 0.6) is 0 Å². The van der Waals surface area contributed by atoms with E-state index < -0.39 is 0 Å². The number of thiophene rings is 1. The average molecular weight is 783 g/mol. The molecule has 0 aliphatic rings. The van der Waals surface area contributed by atoms with E-state index in [4.69, 9.17) is 14.4 Å². The van der Waals surface area contributed by atoms with Crippen molar-refractivity contribution in [1.82, 2.24) is 19.1 Å². The van der Waals surface area contributed by atoms with E-state index in [9.17, 15) is 0 Å². The first-order valence-electron chi connectivity index (χ1n) is 20.2. The zero-order valence-corrected chi connectivity index (χ0v) is 32.7. The van der Waals surface area contributed by atoms with Crippen molar-refractivity contribution in [1.29, 1.82) is 0 Å². The van der Waals surface area contributed by atoms with E-state index in [-0.39, 0.29) is 0 Å². The first kappa shape index (κ1) is 32.2. The Kier molecular flexibility index (Phi) is 6.38. The van der Waals surface area contributed by atoms with E-state index >= 15 is 0 Å². The van der Waals surface area contributed by atoms with Crippen LogP contribution in [0.4, 0.5) is 0 Å². The molecular formula is C54H30N4OS.